The number of nitrogens with two attached hydrogens (primary N) is 2. The van der Waals surface area contributed by atoms with Crippen LogP contribution in [0.5, 0.6) is 0 Å². The van der Waals surface area contributed by atoms with Gasteiger partial charge in [-0.05, 0) is 0 Å². The first-order valence-electron chi connectivity index (χ1n) is 3.92. The van der Waals surface area contributed by atoms with Crippen molar-refractivity contribution in [2.45, 2.75) is 18.3 Å². The molecule has 1 aromatic rings. The zero-order valence-corrected chi connectivity index (χ0v) is 7.84. The maximum Gasteiger partial charge on any atom is 0.407 e. The average molecular weight is 261 g/mol. The van der Waals surface area contributed by atoms with Gasteiger partial charge < -0.3 is 11.5 Å². The number of nitrogen functional groups attached to an aromatic ring is 2. The Morgan fingerprint density at radius 3 is 1.41 bits per heavy atom. The van der Waals surface area contributed by atoms with Crippen molar-refractivity contribution < 1.29 is 26.3 Å². The molecule has 0 bridgehead atoms. The molecule has 0 aromatic carbocycles. The molecular weight excluding hydrogens is 256 g/mol. The number of alkyl halides is 6. The monoisotopic (exact) mass is 261 g/mol. The van der Waals surface area contributed by atoms with Crippen LogP contribution in [0.4, 0.5) is 38.2 Å². The van der Waals surface area contributed by atoms with Gasteiger partial charge >= 0.3 is 12.4 Å². The SMILES string of the molecule is Nc1nc(N)nc(C(C(F)(F)F)C(F)(F)F)n1. The molecule has 1 rings (SSSR count). The first-order valence-corrected chi connectivity index (χ1v) is 3.92. The summed E-state index contributed by atoms with van der Waals surface area (Å²) in [6.45, 7) is 0. The van der Waals surface area contributed by atoms with Gasteiger partial charge in [-0.3, -0.25) is 0 Å². The normalized spacial score (nSPS) is 13.1. The third kappa shape index (κ3) is 3.07. The third-order valence-electron chi connectivity index (χ3n) is 1.60. The topological polar surface area (TPSA) is 90.7 Å². The molecule has 0 saturated carbocycles. The van der Waals surface area contributed by atoms with E-state index in [0.29, 0.717) is 0 Å². The van der Waals surface area contributed by atoms with Gasteiger partial charge in [-0.1, -0.05) is 0 Å². The van der Waals surface area contributed by atoms with E-state index in [1.807, 2.05) is 0 Å². The minimum Gasteiger partial charge on any atom is -0.368 e. The molecule has 5 nitrogen and oxygen atoms in total. The van der Waals surface area contributed by atoms with E-state index in [4.69, 9.17) is 11.5 Å². The molecule has 0 amide bonds. The summed E-state index contributed by atoms with van der Waals surface area (Å²) < 4.78 is 73.6. The molecule has 0 aliphatic rings. The zero-order chi connectivity index (χ0) is 13.4. The van der Waals surface area contributed by atoms with E-state index in [2.05, 4.69) is 15.0 Å². The number of aromatic nitrogens is 3. The molecule has 0 atom stereocenters. The largest absolute Gasteiger partial charge is 0.407 e. The standard InChI is InChI=1S/C6H5F6N5/c7-5(8,9)1(6(10,11)12)2-15-3(13)17-4(14)16-2/h1H,(H4,13,14,15,16,17). The van der Waals surface area contributed by atoms with E-state index in [-0.39, 0.29) is 0 Å². The van der Waals surface area contributed by atoms with Crippen LogP contribution in [-0.2, 0) is 0 Å². The highest BCUT2D eigenvalue weighted by atomic mass is 19.4. The Morgan fingerprint density at radius 1 is 0.765 bits per heavy atom. The molecule has 0 aliphatic carbocycles. The van der Waals surface area contributed by atoms with E-state index >= 15 is 0 Å². The Morgan fingerprint density at radius 2 is 1.12 bits per heavy atom. The van der Waals surface area contributed by atoms with Crippen LogP contribution in [0.2, 0.25) is 0 Å². The number of rotatable bonds is 1. The van der Waals surface area contributed by atoms with Gasteiger partial charge in [-0.15, -0.1) is 0 Å². The first kappa shape index (κ1) is 13.3. The van der Waals surface area contributed by atoms with E-state index in [1.54, 1.807) is 0 Å². The molecule has 11 heteroatoms. The molecule has 0 spiro atoms. The Balaban J connectivity index is 3.33. The average Bonchev–Trinajstić information content (AvgIpc) is 1.93. The quantitative estimate of drug-likeness (QED) is 0.742. The highest BCUT2D eigenvalue weighted by Crippen LogP contribution is 2.45. The summed E-state index contributed by atoms with van der Waals surface area (Å²) >= 11 is 0. The summed E-state index contributed by atoms with van der Waals surface area (Å²) in [4.78, 5) is 8.69. The summed E-state index contributed by atoms with van der Waals surface area (Å²) in [6.07, 6.45) is -11.2. The Hall–Kier alpha value is -1.81. The fourth-order valence-electron chi connectivity index (χ4n) is 1.03. The molecule has 96 valence electrons. The second-order valence-corrected chi connectivity index (χ2v) is 2.93. The van der Waals surface area contributed by atoms with Gasteiger partial charge in [0.25, 0.3) is 0 Å². The van der Waals surface area contributed by atoms with Gasteiger partial charge in [0, 0.05) is 0 Å². The molecule has 4 N–H and O–H groups in total. The number of halogens is 6. The summed E-state index contributed by atoms with van der Waals surface area (Å²) in [6, 6.07) is 0. The third-order valence-corrected chi connectivity index (χ3v) is 1.60. The highest BCUT2D eigenvalue weighted by molar-refractivity contribution is 5.27. The fourth-order valence-corrected chi connectivity index (χ4v) is 1.03. The van der Waals surface area contributed by atoms with Crippen LogP contribution in [0.3, 0.4) is 0 Å². The lowest BCUT2D eigenvalue weighted by molar-refractivity contribution is -0.255. The number of nitrogens with zero attached hydrogens (tertiary/aromatic N) is 3. The van der Waals surface area contributed by atoms with Crippen molar-refractivity contribution in [2.24, 2.45) is 0 Å². The Labute approximate surface area is 89.9 Å². The fraction of sp³-hybridized carbons (Fsp3) is 0.500. The summed E-state index contributed by atoms with van der Waals surface area (Å²) in [5.41, 5.74) is 9.81. The second kappa shape index (κ2) is 3.89. The van der Waals surface area contributed by atoms with Crippen LogP contribution in [0.25, 0.3) is 0 Å². The molecule has 17 heavy (non-hydrogen) atoms. The van der Waals surface area contributed by atoms with Crippen LogP contribution in [0.1, 0.15) is 11.7 Å². The van der Waals surface area contributed by atoms with Crippen molar-refractivity contribution in [1.82, 2.24) is 15.0 Å². The van der Waals surface area contributed by atoms with Crippen LogP contribution in [0.15, 0.2) is 0 Å². The predicted molar refractivity (Wildman–Crippen MR) is 43.5 cm³/mol. The summed E-state index contributed by atoms with van der Waals surface area (Å²) in [7, 11) is 0. The van der Waals surface area contributed by atoms with E-state index in [1.165, 1.54) is 0 Å². The molecule has 0 saturated heterocycles. The number of hydrogen-bond acceptors (Lipinski definition) is 5. The maximum absolute atomic E-state index is 12.3. The molecule has 1 heterocycles. The van der Waals surface area contributed by atoms with Crippen molar-refractivity contribution in [2.75, 3.05) is 11.5 Å². The van der Waals surface area contributed by atoms with Crippen molar-refractivity contribution in [3.8, 4) is 0 Å². The van der Waals surface area contributed by atoms with Gasteiger partial charge in [0.1, 0.15) is 0 Å². The van der Waals surface area contributed by atoms with E-state index in [9.17, 15) is 26.3 Å². The van der Waals surface area contributed by atoms with Crippen LogP contribution < -0.4 is 11.5 Å². The predicted octanol–water partition coefficient (Wildman–Crippen LogP) is 1.24. The lowest BCUT2D eigenvalue weighted by atomic mass is 10.1. The molecule has 0 unspecified atom stereocenters. The van der Waals surface area contributed by atoms with Gasteiger partial charge in [0.2, 0.25) is 17.8 Å². The van der Waals surface area contributed by atoms with Crippen molar-refractivity contribution in [1.29, 1.82) is 0 Å². The smallest absolute Gasteiger partial charge is 0.368 e. The Kier molecular flexibility index (Phi) is 3.03. The summed E-state index contributed by atoms with van der Waals surface area (Å²) in [5.74, 6) is -7.05. The maximum atomic E-state index is 12.3. The van der Waals surface area contributed by atoms with Crippen molar-refractivity contribution in [3.63, 3.8) is 0 Å². The molecule has 0 fully saturated rings. The van der Waals surface area contributed by atoms with Crippen LogP contribution >= 0.6 is 0 Å². The number of anilines is 2. The lowest BCUT2D eigenvalue weighted by Crippen LogP contribution is -2.36. The van der Waals surface area contributed by atoms with Gasteiger partial charge in [-0.2, -0.15) is 41.3 Å². The zero-order valence-electron chi connectivity index (χ0n) is 7.84. The van der Waals surface area contributed by atoms with E-state index in [0.717, 1.165) is 0 Å². The summed E-state index contributed by atoms with van der Waals surface area (Å²) in [5, 5.41) is 0. The lowest BCUT2D eigenvalue weighted by Gasteiger charge is -2.21. The van der Waals surface area contributed by atoms with E-state index < -0.39 is 36.0 Å². The molecule has 0 aliphatic heterocycles. The highest BCUT2D eigenvalue weighted by Gasteiger charge is 2.59. The van der Waals surface area contributed by atoms with Gasteiger partial charge in [0.05, 0.1) is 0 Å². The number of hydrogen-bond donors (Lipinski definition) is 2. The van der Waals surface area contributed by atoms with Gasteiger partial charge in [-0.25, -0.2) is 0 Å². The van der Waals surface area contributed by atoms with Crippen LogP contribution in [-0.4, -0.2) is 27.3 Å². The van der Waals surface area contributed by atoms with Crippen molar-refractivity contribution >= 4 is 11.9 Å². The second-order valence-electron chi connectivity index (χ2n) is 2.93. The Bertz CT molecular complexity index is 378. The molecule has 0 radical (unpaired) electrons. The minimum atomic E-state index is -5.60. The molecular formula is C6H5F6N5. The van der Waals surface area contributed by atoms with Gasteiger partial charge in [0.15, 0.2) is 5.82 Å². The first-order chi connectivity index (χ1) is 7.51. The van der Waals surface area contributed by atoms with Crippen LogP contribution in [0, 0.1) is 0 Å². The molecule has 1 aromatic heterocycles. The minimum absolute atomic E-state index is 0.814. The van der Waals surface area contributed by atoms with Crippen molar-refractivity contribution in [3.05, 3.63) is 5.82 Å².